The van der Waals surface area contributed by atoms with Crippen molar-refractivity contribution in [1.82, 2.24) is 24.5 Å². The fraction of sp³-hybridized carbons (Fsp3) is 0.647. The summed E-state index contributed by atoms with van der Waals surface area (Å²) in [5.74, 6) is 0.862. The molecule has 4 rings (SSSR count). The second-order valence-corrected chi connectivity index (χ2v) is 7.78. The number of piperidine rings is 1. The van der Waals surface area contributed by atoms with E-state index in [9.17, 15) is 4.79 Å². The average Bonchev–Trinajstić information content (AvgIpc) is 3.07. The first kappa shape index (κ1) is 16.2. The monoisotopic (exact) mass is 347 g/mol. The summed E-state index contributed by atoms with van der Waals surface area (Å²) >= 11 is 1.52. The summed E-state index contributed by atoms with van der Waals surface area (Å²) in [7, 11) is 0. The van der Waals surface area contributed by atoms with Crippen LogP contribution in [0, 0.1) is 5.92 Å². The van der Waals surface area contributed by atoms with Crippen LogP contribution in [0.1, 0.15) is 18.5 Å². The van der Waals surface area contributed by atoms with E-state index in [1.165, 1.54) is 43.8 Å². The van der Waals surface area contributed by atoms with Gasteiger partial charge in [0.2, 0.25) is 0 Å². The molecule has 2 aliphatic heterocycles. The highest BCUT2D eigenvalue weighted by Crippen LogP contribution is 2.15. The summed E-state index contributed by atoms with van der Waals surface area (Å²) in [6, 6.07) is 1.68. The maximum absolute atomic E-state index is 12.1. The molecule has 1 N–H and O–H groups in total. The number of nitrogens with zero attached hydrogens (tertiary/aromatic N) is 4. The third kappa shape index (κ3) is 3.69. The zero-order valence-electron chi connectivity index (χ0n) is 14.0. The summed E-state index contributed by atoms with van der Waals surface area (Å²) < 4.78 is 1.62. The van der Waals surface area contributed by atoms with Crippen molar-refractivity contribution < 1.29 is 0 Å². The van der Waals surface area contributed by atoms with Gasteiger partial charge in [0.15, 0.2) is 4.96 Å². The molecule has 2 aliphatic rings. The summed E-state index contributed by atoms with van der Waals surface area (Å²) in [5, 5.41) is 5.35. The largest absolute Gasteiger partial charge is 0.317 e. The minimum absolute atomic E-state index is 0.0285. The predicted molar refractivity (Wildman–Crippen MR) is 96.6 cm³/mol. The second kappa shape index (κ2) is 7.31. The SMILES string of the molecule is O=c1cc(CN2CCN(CC3CCNCC3)CC2)nc2sccn12. The predicted octanol–water partition coefficient (Wildman–Crippen LogP) is 0.873. The minimum atomic E-state index is 0.0285. The van der Waals surface area contributed by atoms with Crippen molar-refractivity contribution in [3.8, 4) is 0 Å². The Hall–Kier alpha value is -1.28. The third-order valence-electron chi connectivity index (χ3n) is 5.18. The molecule has 2 aromatic heterocycles. The van der Waals surface area contributed by atoms with Gasteiger partial charge in [0, 0.05) is 56.9 Å². The number of hydrogen-bond acceptors (Lipinski definition) is 6. The van der Waals surface area contributed by atoms with Crippen molar-refractivity contribution in [3.05, 3.63) is 33.7 Å². The van der Waals surface area contributed by atoms with Crippen LogP contribution in [0.5, 0.6) is 0 Å². The lowest BCUT2D eigenvalue weighted by atomic mass is 9.97. The normalized spacial score (nSPS) is 21.5. The van der Waals surface area contributed by atoms with Gasteiger partial charge >= 0.3 is 0 Å². The van der Waals surface area contributed by atoms with Gasteiger partial charge in [0.25, 0.3) is 5.56 Å². The van der Waals surface area contributed by atoms with Crippen LogP contribution in [0.3, 0.4) is 0 Å². The van der Waals surface area contributed by atoms with Crippen molar-refractivity contribution in [2.75, 3.05) is 45.8 Å². The molecule has 0 aliphatic carbocycles. The fourth-order valence-electron chi connectivity index (χ4n) is 3.76. The third-order valence-corrected chi connectivity index (χ3v) is 5.94. The summed E-state index contributed by atoms with van der Waals surface area (Å²) in [6.45, 7) is 8.77. The molecule has 2 aromatic rings. The van der Waals surface area contributed by atoms with E-state index in [2.05, 4.69) is 20.1 Å². The van der Waals surface area contributed by atoms with Crippen LogP contribution >= 0.6 is 11.3 Å². The standard InChI is InChI=1S/C17H25N5OS/c23-16-11-15(19-17-22(16)9-10-24-17)13-21-7-5-20(6-8-21)12-14-1-3-18-4-2-14/h9-11,14,18H,1-8,12-13H2. The first-order valence-corrected chi connectivity index (χ1v) is 9.77. The van der Waals surface area contributed by atoms with Crippen LogP contribution in [-0.2, 0) is 6.54 Å². The zero-order chi connectivity index (χ0) is 16.4. The molecular formula is C17H25N5OS. The highest BCUT2D eigenvalue weighted by molar-refractivity contribution is 7.15. The van der Waals surface area contributed by atoms with Crippen LogP contribution in [0.25, 0.3) is 4.96 Å². The summed E-state index contributed by atoms with van der Waals surface area (Å²) in [4.78, 5) is 22.5. The number of rotatable bonds is 4. The fourth-order valence-corrected chi connectivity index (χ4v) is 4.50. The molecule has 0 saturated carbocycles. The number of nitrogens with one attached hydrogen (secondary N) is 1. The lowest BCUT2D eigenvalue weighted by Crippen LogP contribution is -2.48. The molecule has 7 heteroatoms. The van der Waals surface area contributed by atoms with Crippen LogP contribution in [-0.4, -0.2) is 65.0 Å². The smallest absolute Gasteiger partial charge is 0.258 e. The molecule has 0 unspecified atom stereocenters. The molecule has 0 atom stereocenters. The van der Waals surface area contributed by atoms with Gasteiger partial charge in [-0.3, -0.25) is 14.1 Å². The number of aromatic nitrogens is 2. The summed E-state index contributed by atoms with van der Waals surface area (Å²) in [5.41, 5.74) is 0.926. The number of thiazole rings is 1. The Bertz CT molecular complexity index is 728. The Labute approximate surface area is 146 Å². The molecule has 130 valence electrons. The van der Waals surface area contributed by atoms with Gasteiger partial charge in [-0.15, -0.1) is 11.3 Å². The topological polar surface area (TPSA) is 52.9 Å². The van der Waals surface area contributed by atoms with E-state index in [0.717, 1.165) is 49.3 Å². The van der Waals surface area contributed by atoms with E-state index in [4.69, 9.17) is 0 Å². The molecule has 4 heterocycles. The van der Waals surface area contributed by atoms with E-state index < -0.39 is 0 Å². The van der Waals surface area contributed by atoms with Gasteiger partial charge < -0.3 is 10.2 Å². The van der Waals surface area contributed by atoms with Gasteiger partial charge in [-0.05, 0) is 31.8 Å². The maximum Gasteiger partial charge on any atom is 0.258 e. The lowest BCUT2D eigenvalue weighted by Gasteiger charge is -2.37. The van der Waals surface area contributed by atoms with Crippen molar-refractivity contribution in [3.63, 3.8) is 0 Å². The van der Waals surface area contributed by atoms with E-state index >= 15 is 0 Å². The first-order valence-electron chi connectivity index (χ1n) is 8.89. The molecule has 0 amide bonds. The number of fused-ring (bicyclic) bond motifs is 1. The Morgan fingerprint density at radius 3 is 2.71 bits per heavy atom. The van der Waals surface area contributed by atoms with Crippen molar-refractivity contribution >= 4 is 16.3 Å². The van der Waals surface area contributed by atoms with E-state index in [1.54, 1.807) is 16.7 Å². The molecule has 2 fully saturated rings. The van der Waals surface area contributed by atoms with E-state index in [0.29, 0.717) is 0 Å². The quantitative estimate of drug-likeness (QED) is 0.890. The van der Waals surface area contributed by atoms with Crippen LogP contribution in [0.4, 0.5) is 0 Å². The molecule has 24 heavy (non-hydrogen) atoms. The van der Waals surface area contributed by atoms with Gasteiger partial charge in [0.05, 0.1) is 5.69 Å². The van der Waals surface area contributed by atoms with E-state index in [1.807, 2.05) is 5.38 Å². The van der Waals surface area contributed by atoms with Gasteiger partial charge in [-0.1, -0.05) is 0 Å². The molecule has 2 saturated heterocycles. The number of hydrogen-bond donors (Lipinski definition) is 1. The van der Waals surface area contributed by atoms with Gasteiger partial charge in [-0.25, -0.2) is 4.98 Å². The Kier molecular flexibility index (Phi) is 4.93. The summed E-state index contributed by atoms with van der Waals surface area (Å²) in [6.07, 6.45) is 4.42. The highest BCUT2D eigenvalue weighted by Gasteiger charge is 2.21. The Morgan fingerprint density at radius 1 is 1.17 bits per heavy atom. The molecule has 0 bridgehead atoms. The van der Waals surface area contributed by atoms with Crippen LogP contribution in [0.15, 0.2) is 22.4 Å². The van der Waals surface area contributed by atoms with Crippen molar-refractivity contribution in [2.24, 2.45) is 5.92 Å². The van der Waals surface area contributed by atoms with Crippen molar-refractivity contribution in [1.29, 1.82) is 0 Å². The first-order chi connectivity index (χ1) is 11.8. The molecule has 0 spiro atoms. The van der Waals surface area contributed by atoms with Crippen molar-refractivity contribution in [2.45, 2.75) is 19.4 Å². The average molecular weight is 347 g/mol. The number of piperazine rings is 1. The lowest BCUT2D eigenvalue weighted by molar-refractivity contribution is 0.106. The zero-order valence-corrected chi connectivity index (χ0v) is 14.8. The molecule has 6 nitrogen and oxygen atoms in total. The molecular weight excluding hydrogens is 322 g/mol. The van der Waals surface area contributed by atoms with Gasteiger partial charge in [0.1, 0.15) is 0 Å². The molecule has 0 aromatic carbocycles. The molecule has 0 radical (unpaired) electrons. The van der Waals surface area contributed by atoms with Crippen LogP contribution < -0.4 is 10.9 Å². The highest BCUT2D eigenvalue weighted by atomic mass is 32.1. The second-order valence-electron chi connectivity index (χ2n) is 6.91. The maximum atomic E-state index is 12.1. The van der Waals surface area contributed by atoms with E-state index in [-0.39, 0.29) is 5.56 Å². The van der Waals surface area contributed by atoms with Crippen LogP contribution in [0.2, 0.25) is 0 Å². The minimum Gasteiger partial charge on any atom is -0.317 e. The Morgan fingerprint density at radius 2 is 1.92 bits per heavy atom. The Balaban J connectivity index is 1.31. The van der Waals surface area contributed by atoms with Gasteiger partial charge in [-0.2, -0.15) is 0 Å².